The van der Waals surface area contributed by atoms with Crippen LogP contribution in [0.1, 0.15) is 0 Å². The average Bonchev–Trinajstić information content (AvgIpc) is 2.62. The molecule has 0 unspecified atom stereocenters. The normalized spacial score (nSPS) is 10.8. The van der Waals surface area contributed by atoms with Gasteiger partial charge in [-0.05, 0) is 34.9 Å². The van der Waals surface area contributed by atoms with E-state index in [9.17, 15) is 0 Å². The van der Waals surface area contributed by atoms with Crippen molar-refractivity contribution in [3.8, 4) is 22.3 Å². The molecule has 0 aliphatic rings. The van der Waals surface area contributed by atoms with Crippen molar-refractivity contribution in [2.24, 2.45) is 7.05 Å². The standard InChI is InChI=1S/C22H18N/c1-23-16-6-10-20-9-5-11-21(22(20)23)19-14-12-18(13-15-19)17-7-3-2-4-8-17/h2-16H,1H3/q+1. The van der Waals surface area contributed by atoms with E-state index in [0.29, 0.717) is 0 Å². The summed E-state index contributed by atoms with van der Waals surface area (Å²) in [4.78, 5) is 0. The number of aromatic nitrogens is 1. The minimum Gasteiger partial charge on any atom is -0.200 e. The second-order valence-electron chi connectivity index (χ2n) is 5.81. The number of hydrogen-bond donors (Lipinski definition) is 0. The Morgan fingerprint density at radius 1 is 0.565 bits per heavy atom. The number of hydrogen-bond acceptors (Lipinski definition) is 0. The van der Waals surface area contributed by atoms with E-state index in [2.05, 4.69) is 96.7 Å². The fourth-order valence-corrected chi connectivity index (χ4v) is 3.15. The van der Waals surface area contributed by atoms with E-state index < -0.39 is 0 Å². The van der Waals surface area contributed by atoms with Gasteiger partial charge in [-0.2, -0.15) is 0 Å². The van der Waals surface area contributed by atoms with Crippen LogP contribution in [0.15, 0.2) is 91.1 Å². The molecule has 4 rings (SSSR count). The lowest BCUT2D eigenvalue weighted by Crippen LogP contribution is -2.28. The summed E-state index contributed by atoms with van der Waals surface area (Å²) in [7, 11) is 2.10. The Morgan fingerprint density at radius 3 is 2.00 bits per heavy atom. The quantitative estimate of drug-likeness (QED) is 0.458. The second-order valence-corrected chi connectivity index (χ2v) is 5.81. The van der Waals surface area contributed by atoms with Crippen LogP contribution in [-0.4, -0.2) is 0 Å². The van der Waals surface area contributed by atoms with Crippen molar-refractivity contribution in [1.82, 2.24) is 0 Å². The van der Waals surface area contributed by atoms with Crippen LogP contribution in [0.4, 0.5) is 0 Å². The molecule has 0 aliphatic carbocycles. The van der Waals surface area contributed by atoms with E-state index in [0.717, 1.165) is 0 Å². The zero-order valence-electron chi connectivity index (χ0n) is 13.1. The zero-order chi connectivity index (χ0) is 15.6. The molecule has 0 saturated carbocycles. The highest BCUT2D eigenvalue weighted by Gasteiger charge is 2.12. The first-order chi connectivity index (χ1) is 11.3. The molecule has 1 heteroatoms. The first-order valence-corrected chi connectivity index (χ1v) is 7.86. The van der Waals surface area contributed by atoms with Gasteiger partial charge in [0.1, 0.15) is 7.05 Å². The molecule has 1 aromatic heterocycles. The second kappa shape index (κ2) is 5.69. The summed E-state index contributed by atoms with van der Waals surface area (Å²) in [5, 5.41) is 1.26. The first kappa shape index (κ1) is 13.7. The van der Waals surface area contributed by atoms with Crippen LogP contribution >= 0.6 is 0 Å². The summed E-state index contributed by atoms with van der Waals surface area (Å²) in [5.41, 5.74) is 6.28. The lowest BCUT2D eigenvalue weighted by molar-refractivity contribution is -0.644. The van der Waals surface area contributed by atoms with Gasteiger partial charge in [-0.1, -0.05) is 60.7 Å². The fraction of sp³-hybridized carbons (Fsp3) is 0.0455. The van der Waals surface area contributed by atoms with Gasteiger partial charge in [0.25, 0.3) is 0 Å². The van der Waals surface area contributed by atoms with Crippen LogP contribution < -0.4 is 4.57 Å². The SMILES string of the molecule is C[n+]1cccc2cccc(-c3ccc(-c4ccccc4)cc3)c21. The van der Waals surface area contributed by atoms with Gasteiger partial charge in [-0.15, -0.1) is 0 Å². The van der Waals surface area contributed by atoms with E-state index in [4.69, 9.17) is 0 Å². The third-order valence-corrected chi connectivity index (χ3v) is 4.31. The van der Waals surface area contributed by atoms with E-state index in [1.165, 1.54) is 33.2 Å². The molecule has 0 spiro atoms. The number of nitrogens with zero attached hydrogens (tertiary/aromatic N) is 1. The van der Waals surface area contributed by atoms with Crippen LogP contribution in [0.25, 0.3) is 33.2 Å². The molecular formula is C22H18N+. The summed E-state index contributed by atoms with van der Waals surface area (Å²) in [5.74, 6) is 0. The van der Waals surface area contributed by atoms with Gasteiger partial charge in [0.2, 0.25) is 5.52 Å². The van der Waals surface area contributed by atoms with E-state index in [1.54, 1.807) is 0 Å². The Kier molecular flexibility index (Phi) is 3.39. The van der Waals surface area contributed by atoms with Gasteiger partial charge >= 0.3 is 0 Å². The van der Waals surface area contributed by atoms with E-state index in [-0.39, 0.29) is 0 Å². The summed E-state index contributed by atoms with van der Waals surface area (Å²) >= 11 is 0. The first-order valence-electron chi connectivity index (χ1n) is 7.86. The van der Waals surface area contributed by atoms with Gasteiger partial charge in [0.05, 0.1) is 5.56 Å². The predicted octanol–water partition coefficient (Wildman–Crippen LogP) is 5.00. The lowest BCUT2D eigenvalue weighted by Gasteiger charge is -2.07. The topological polar surface area (TPSA) is 3.88 Å². The fourth-order valence-electron chi connectivity index (χ4n) is 3.15. The molecule has 110 valence electrons. The largest absolute Gasteiger partial charge is 0.220 e. The van der Waals surface area contributed by atoms with Crippen molar-refractivity contribution in [2.75, 3.05) is 0 Å². The monoisotopic (exact) mass is 296 g/mol. The predicted molar refractivity (Wildman–Crippen MR) is 96.0 cm³/mol. The third-order valence-electron chi connectivity index (χ3n) is 4.31. The molecule has 0 amide bonds. The number of pyridine rings is 1. The van der Waals surface area contributed by atoms with Crippen LogP contribution in [0.3, 0.4) is 0 Å². The van der Waals surface area contributed by atoms with E-state index in [1.807, 2.05) is 6.07 Å². The molecule has 0 fully saturated rings. The number of para-hydroxylation sites is 1. The Bertz CT molecular complexity index is 949. The number of rotatable bonds is 2. The highest BCUT2D eigenvalue weighted by atomic mass is 14.9. The highest BCUT2D eigenvalue weighted by Crippen LogP contribution is 2.28. The van der Waals surface area contributed by atoms with Gasteiger partial charge in [0.15, 0.2) is 6.20 Å². The van der Waals surface area contributed by atoms with Crippen LogP contribution in [0.2, 0.25) is 0 Å². The highest BCUT2D eigenvalue weighted by molar-refractivity contribution is 5.91. The minimum absolute atomic E-state index is 1.25. The van der Waals surface area contributed by atoms with Crippen molar-refractivity contribution in [3.05, 3.63) is 91.1 Å². The van der Waals surface area contributed by atoms with Crippen LogP contribution in [-0.2, 0) is 7.05 Å². The molecule has 0 bridgehead atoms. The van der Waals surface area contributed by atoms with Gasteiger partial charge in [0, 0.05) is 11.5 Å². The van der Waals surface area contributed by atoms with Gasteiger partial charge < -0.3 is 0 Å². The molecule has 3 aromatic carbocycles. The molecule has 4 aromatic rings. The zero-order valence-corrected chi connectivity index (χ0v) is 13.1. The Morgan fingerprint density at radius 2 is 1.22 bits per heavy atom. The van der Waals surface area contributed by atoms with E-state index >= 15 is 0 Å². The summed E-state index contributed by atoms with van der Waals surface area (Å²) < 4.78 is 2.19. The van der Waals surface area contributed by atoms with Crippen molar-refractivity contribution >= 4 is 10.9 Å². The third kappa shape index (κ3) is 2.51. The van der Waals surface area contributed by atoms with Gasteiger partial charge in [-0.25, -0.2) is 4.57 Å². The average molecular weight is 296 g/mol. The smallest absolute Gasteiger partial charge is 0.200 e. The van der Waals surface area contributed by atoms with Crippen molar-refractivity contribution < 1.29 is 4.57 Å². The molecular weight excluding hydrogens is 278 g/mol. The molecule has 23 heavy (non-hydrogen) atoms. The maximum atomic E-state index is 2.21. The number of benzene rings is 3. The van der Waals surface area contributed by atoms with Gasteiger partial charge in [-0.3, -0.25) is 0 Å². The number of aryl methyl sites for hydroxylation is 1. The van der Waals surface area contributed by atoms with Crippen molar-refractivity contribution in [1.29, 1.82) is 0 Å². The minimum atomic E-state index is 1.25. The molecule has 0 saturated heterocycles. The lowest BCUT2D eigenvalue weighted by atomic mass is 9.98. The number of fused-ring (bicyclic) bond motifs is 1. The summed E-state index contributed by atoms with van der Waals surface area (Å²) in [6.07, 6.45) is 2.10. The van der Waals surface area contributed by atoms with Crippen LogP contribution in [0.5, 0.6) is 0 Å². The summed E-state index contributed by atoms with van der Waals surface area (Å²) in [6, 6.07) is 30.1. The van der Waals surface area contributed by atoms with Crippen LogP contribution in [0, 0.1) is 0 Å². The maximum absolute atomic E-state index is 2.21. The molecule has 1 nitrogen and oxygen atoms in total. The molecule has 1 heterocycles. The van der Waals surface area contributed by atoms with Crippen molar-refractivity contribution in [2.45, 2.75) is 0 Å². The Hall–Kier alpha value is -2.93. The Balaban J connectivity index is 1.83. The molecule has 0 radical (unpaired) electrons. The molecule has 0 aliphatic heterocycles. The Labute approximate surface area is 136 Å². The molecule has 0 N–H and O–H groups in total. The molecule has 0 atom stereocenters. The maximum Gasteiger partial charge on any atom is 0.220 e. The summed E-state index contributed by atoms with van der Waals surface area (Å²) in [6.45, 7) is 0. The van der Waals surface area contributed by atoms with Crippen molar-refractivity contribution in [3.63, 3.8) is 0 Å².